The molecule has 0 saturated heterocycles. The summed E-state index contributed by atoms with van der Waals surface area (Å²) in [4.78, 5) is 23.4. The van der Waals surface area contributed by atoms with Crippen molar-refractivity contribution in [2.45, 2.75) is 19.9 Å². The molecule has 82 valence electrons. The van der Waals surface area contributed by atoms with Gasteiger partial charge in [-0.2, -0.15) is 0 Å². The maximum Gasteiger partial charge on any atom is 0.318 e. The smallest absolute Gasteiger partial charge is 0.318 e. The first-order valence-electron chi connectivity index (χ1n) is 4.48. The Morgan fingerprint density at radius 2 is 2.14 bits per heavy atom. The molecule has 1 atom stereocenters. The molecular formula is C8H17N3O3. The van der Waals surface area contributed by atoms with Gasteiger partial charge in [0.25, 0.3) is 0 Å². The molecule has 0 heterocycles. The lowest BCUT2D eigenvalue weighted by atomic mass is 10.2. The van der Waals surface area contributed by atoms with Crippen LogP contribution in [0.2, 0.25) is 0 Å². The predicted molar refractivity (Wildman–Crippen MR) is 51.5 cm³/mol. The van der Waals surface area contributed by atoms with Gasteiger partial charge in [-0.25, -0.2) is 4.79 Å². The number of aliphatic hydroxyl groups excluding tert-OH is 1. The van der Waals surface area contributed by atoms with Crippen LogP contribution in [-0.2, 0) is 4.79 Å². The summed E-state index contributed by atoms with van der Waals surface area (Å²) < 4.78 is 0. The van der Waals surface area contributed by atoms with Crippen molar-refractivity contribution >= 4 is 11.9 Å². The number of nitrogens with two attached hydrogens (primary N) is 1. The quantitative estimate of drug-likeness (QED) is 0.527. The van der Waals surface area contributed by atoms with Crippen molar-refractivity contribution in [1.29, 1.82) is 0 Å². The summed E-state index contributed by atoms with van der Waals surface area (Å²) >= 11 is 0. The minimum Gasteiger partial charge on any atom is -0.395 e. The molecule has 0 aliphatic heterocycles. The Balaban J connectivity index is 4.18. The second-order valence-electron chi connectivity index (χ2n) is 2.88. The normalized spacial score (nSPS) is 12.6. The summed E-state index contributed by atoms with van der Waals surface area (Å²) in [5.74, 6) is -0.451. The number of aliphatic hydroxyl groups is 1. The average Bonchev–Trinajstić information content (AvgIpc) is 2.12. The van der Waals surface area contributed by atoms with Crippen LogP contribution < -0.4 is 11.1 Å². The van der Waals surface area contributed by atoms with Crippen LogP contribution in [0.25, 0.3) is 0 Å². The highest BCUT2D eigenvalue weighted by Crippen LogP contribution is 1.97. The Hall–Kier alpha value is -1.14. The molecule has 0 aliphatic rings. The van der Waals surface area contributed by atoms with Gasteiger partial charge in [0.1, 0.15) is 0 Å². The van der Waals surface area contributed by atoms with Crippen molar-refractivity contribution in [3.63, 3.8) is 0 Å². The average molecular weight is 203 g/mol. The van der Waals surface area contributed by atoms with E-state index in [2.05, 4.69) is 0 Å². The largest absolute Gasteiger partial charge is 0.395 e. The van der Waals surface area contributed by atoms with Crippen molar-refractivity contribution in [2.24, 2.45) is 5.73 Å². The van der Waals surface area contributed by atoms with Crippen molar-refractivity contribution in [3.05, 3.63) is 0 Å². The first-order chi connectivity index (χ1) is 6.52. The Bertz CT molecular complexity index is 208. The number of hydrogen-bond donors (Lipinski definition) is 3. The number of amides is 3. The molecule has 4 N–H and O–H groups in total. The van der Waals surface area contributed by atoms with Gasteiger partial charge in [0.05, 0.1) is 12.6 Å². The molecule has 0 radical (unpaired) electrons. The number of primary amides is 1. The van der Waals surface area contributed by atoms with Crippen LogP contribution in [0.3, 0.4) is 0 Å². The van der Waals surface area contributed by atoms with Crippen LogP contribution in [0.1, 0.15) is 13.8 Å². The fourth-order valence-electron chi connectivity index (χ4n) is 1.15. The number of urea groups is 1. The number of rotatable bonds is 5. The third-order valence-corrected chi connectivity index (χ3v) is 1.97. The Morgan fingerprint density at radius 3 is 2.50 bits per heavy atom. The van der Waals surface area contributed by atoms with E-state index in [4.69, 9.17) is 10.8 Å². The first-order valence-corrected chi connectivity index (χ1v) is 4.48. The summed E-state index contributed by atoms with van der Waals surface area (Å²) in [5, 5.41) is 10.7. The molecule has 0 rings (SSSR count). The first kappa shape index (κ1) is 12.9. The van der Waals surface area contributed by atoms with Gasteiger partial charge in [0.2, 0.25) is 5.91 Å². The highest BCUT2D eigenvalue weighted by Gasteiger charge is 2.20. The Morgan fingerprint density at radius 1 is 1.57 bits per heavy atom. The summed E-state index contributed by atoms with van der Waals surface area (Å²) in [5.41, 5.74) is 4.81. The highest BCUT2D eigenvalue weighted by atomic mass is 16.3. The van der Waals surface area contributed by atoms with Crippen molar-refractivity contribution in [3.8, 4) is 0 Å². The molecule has 0 bridgehead atoms. The number of carbonyl (C=O) groups excluding carboxylic acids is 2. The third kappa shape index (κ3) is 4.20. The summed E-state index contributed by atoms with van der Waals surface area (Å²) in [6, 6.07) is -1.33. The summed E-state index contributed by atoms with van der Waals surface area (Å²) in [6.07, 6.45) is 0. The lowest BCUT2D eigenvalue weighted by molar-refractivity contribution is -0.124. The lowest BCUT2D eigenvalue weighted by Crippen LogP contribution is -2.49. The minimum atomic E-state index is -0.859. The van der Waals surface area contributed by atoms with E-state index >= 15 is 0 Å². The molecule has 1 unspecified atom stereocenters. The highest BCUT2D eigenvalue weighted by molar-refractivity contribution is 5.96. The molecule has 14 heavy (non-hydrogen) atoms. The monoisotopic (exact) mass is 203 g/mol. The summed E-state index contributed by atoms with van der Waals surface area (Å²) in [7, 11) is 0. The van der Waals surface area contributed by atoms with E-state index in [9.17, 15) is 9.59 Å². The molecule has 3 amide bonds. The Kier molecular flexibility index (Phi) is 5.82. The minimum absolute atomic E-state index is 0.0258. The van der Waals surface area contributed by atoms with Crippen LogP contribution in [0.4, 0.5) is 4.79 Å². The van der Waals surface area contributed by atoms with Crippen LogP contribution in [0.15, 0.2) is 0 Å². The molecule has 6 heteroatoms. The van der Waals surface area contributed by atoms with Crippen molar-refractivity contribution in [2.75, 3.05) is 19.7 Å². The predicted octanol–water partition coefficient (Wildman–Crippen LogP) is -1.12. The second kappa shape index (κ2) is 6.33. The van der Waals surface area contributed by atoms with Crippen LogP contribution in [-0.4, -0.2) is 47.7 Å². The molecule has 0 fully saturated rings. The van der Waals surface area contributed by atoms with Gasteiger partial charge in [0, 0.05) is 6.54 Å². The van der Waals surface area contributed by atoms with Gasteiger partial charge >= 0.3 is 6.03 Å². The van der Waals surface area contributed by atoms with E-state index in [-0.39, 0.29) is 6.61 Å². The molecule has 0 aromatic carbocycles. The lowest BCUT2D eigenvalue weighted by Gasteiger charge is -2.25. The number of likely N-dealkylation sites (N-methyl/N-ethyl adjacent to an activating group) is 1. The van der Waals surface area contributed by atoms with E-state index in [0.717, 1.165) is 0 Å². The number of hydrogen-bond acceptors (Lipinski definition) is 4. The summed E-state index contributed by atoms with van der Waals surface area (Å²) in [6.45, 7) is 4.50. The van der Waals surface area contributed by atoms with E-state index in [0.29, 0.717) is 13.1 Å². The van der Waals surface area contributed by atoms with E-state index in [1.807, 2.05) is 12.2 Å². The van der Waals surface area contributed by atoms with Gasteiger partial charge in [-0.1, -0.05) is 6.92 Å². The van der Waals surface area contributed by atoms with Crippen LogP contribution in [0, 0.1) is 0 Å². The fraction of sp³-hybridized carbons (Fsp3) is 0.750. The Labute approximate surface area is 83.1 Å². The fourth-order valence-corrected chi connectivity index (χ4v) is 1.15. The zero-order valence-electron chi connectivity index (χ0n) is 8.49. The van der Waals surface area contributed by atoms with Gasteiger partial charge in [-0.15, -0.1) is 0 Å². The molecular weight excluding hydrogens is 186 g/mol. The molecule has 0 saturated carbocycles. The van der Waals surface area contributed by atoms with Gasteiger partial charge < -0.3 is 10.8 Å². The van der Waals surface area contributed by atoms with Gasteiger partial charge in [-0.3, -0.25) is 15.0 Å². The standard InChI is InChI=1S/C8H17N3O3/c1-3-11(4-5-12)6(2)7(13)10-8(9)14/h6,12H,3-5H2,1-2H3,(H3,9,10,13,14). The maximum absolute atomic E-state index is 11.3. The van der Waals surface area contributed by atoms with Gasteiger partial charge in [-0.05, 0) is 13.5 Å². The maximum atomic E-state index is 11.3. The topological polar surface area (TPSA) is 95.7 Å². The number of nitrogens with zero attached hydrogens (tertiary/aromatic N) is 1. The molecule has 6 nitrogen and oxygen atoms in total. The van der Waals surface area contributed by atoms with Crippen LogP contribution in [0.5, 0.6) is 0 Å². The molecule has 0 aliphatic carbocycles. The molecule has 0 aromatic rings. The third-order valence-electron chi connectivity index (χ3n) is 1.97. The van der Waals surface area contributed by atoms with Crippen molar-refractivity contribution < 1.29 is 14.7 Å². The zero-order chi connectivity index (χ0) is 11.1. The van der Waals surface area contributed by atoms with E-state index in [1.165, 1.54) is 0 Å². The van der Waals surface area contributed by atoms with E-state index in [1.54, 1.807) is 11.8 Å². The molecule has 0 aromatic heterocycles. The SMILES string of the molecule is CCN(CCO)C(C)C(=O)NC(N)=O. The number of carbonyl (C=O) groups is 2. The number of imide groups is 1. The number of nitrogens with one attached hydrogen (secondary N) is 1. The van der Waals surface area contributed by atoms with Crippen LogP contribution >= 0.6 is 0 Å². The second-order valence-corrected chi connectivity index (χ2v) is 2.88. The van der Waals surface area contributed by atoms with E-state index < -0.39 is 18.0 Å². The van der Waals surface area contributed by atoms with Gasteiger partial charge in [0.15, 0.2) is 0 Å². The zero-order valence-corrected chi connectivity index (χ0v) is 8.49. The van der Waals surface area contributed by atoms with Crippen molar-refractivity contribution in [1.82, 2.24) is 10.2 Å². The molecule has 0 spiro atoms.